The van der Waals surface area contributed by atoms with Crippen molar-refractivity contribution in [3.05, 3.63) is 76.2 Å². The second-order valence-corrected chi connectivity index (χ2v) is 12.9. The molecule has 11 nitrogen and oxygen atoms in total. The molecule has 2 amide bonds. The number of hydrogen-bond acceptors (Lipinski definition) is 9. The molecule has 0 saturated carbocycles. The topological polar surface area (TPSA) is 126 Å². The number of hydrogen-bond donors (Lipinski definition) is 2. The molecule has 0 spiro atoms. The Hall–Kier alpha value is -4.77. The van der Waals surface area contributed by atoms with E-state index in [9.17, 15) is 9.59 Å². The van der Waals surface area contributed by atoms with Crippen LogP contribution in [0.4, 0.5) is 17.3 Å². The Morgan fingerprint density at radius 2 is 1.79 bits per heavy atom. The van der Waals surface area contributed by atoms with Crippen molar-refractivity contribution in [1.29, 1.82) is 0 Å². The average molecular weight is 650 g/mol. The number of ether oxygens (including phenoxy) is 1. The highest BCUT2D eigenvalue weighted by molar-refractivity contribution is 6.05. The molecule has 0 unspecified atom stereocenters. The van der Waals surface area contributed by atoms with Gasteiger partial charge in [0, 0.05) is 42.1 Å². The molecule has 0 radical (unpaired) electrons. The number of fused-ring (bicyclic) bond motifs is 3. The van der Waals surface area contributed by atoms with Crippen LogP contribution in [-0.2, 0) is 25.7 Å². The predicted octanol–water partition coefficient (Wildman–Crippen LogP) is 6.06. The van der Waals surface area contributed by atoms with Crippen LogP contribution in [0.1, 0.15) is 82.7 Å². The first-order chi connectivity index (χ1) is 23.5. The van der Waals surface area contributed by atoms with Gasteiger partial charge in [-0.05, 0) is 99.3 Å². The fraction of sp³-hybridized carbons (Fsp3) is 0.432. The number of carbonyl (C=O) groups excluding carboxylic acids is 2. The molecule has 2 fully saturated rings. The van der Waals surface area contributed by atoms with Crippen LogP contribution in [-0.4, -0.2) is 76.1 Å². The molecule has 1 aliphatic carbocycles. The summed E-state index contributed by atoms with van der Waals surface area (Å²) in [5.74, 6) is 0.805. The number of rotatable bonds is 10. The lowest BCUT2D eigenvalue weighted by molar-refractivity contribution is 0.0708. The van der Waals surface area contributed by atoms with Crippen molar-refractivity contribution < 1.29 is 18.8 Å². The van der Waals surface area contributed by atoms with Gasteiger partial charge in [0.25, 0.3) is 11.8 Å². The highest BCUT2D eigenvalue weighted by Gasteiger charge is 2.32. The zero-order chi connectivity index (χ0) is 33.2. The van der Waals surface area contributed by atoms with E-state index >= 15 is 0 Å². The molecular formula is C37H43N7O4. The second kappa shape index (κ2) is 13.8. The van der Waals surface area contributed by atoms with E-state index < -0.39 is 0 Å². The molecular weight excluding hydrogens is 606 g/mol. The van der Waals surface area contributed by atoms with Crippen molar-refractivity contribution >= 4 is 29.1 Å². The average Bonchev–Trinajstić information content (AvgIpc) is 3.90. The molecule has 2 aromatic heterocycles. The first-order valence-corrected chi connectivity index (χ1v) is 17.2. The van der Waals surface area contributed by atoms with E-state index in [1.165, 1.54) is 12.8 Å². The van der Waals surface area contributed by atoms with Crippen LogP contribution >= 0.6 is 0 Å². The zero-order valence-corrected chi connectivity index (χ0v) is 28.0. The van der Waals surface area contributed by atoms with Gasteiger partial charge in [-0.1, -0.05) is 37.2 Å². The Kier molecular flexibility index (Phi) is 9.12. The number of nitrogens with one attached hydrogen (secondary N) is 2. The number of amides is 2. The van der Waals surface area contributed by atoms with Crippen LogP contribution in [0.2, 0.25) is 0 Å². The fourth-order valence-electron chi connectivity index (χ4n) is 7.36. The molecule has 2 N–H and O–H groups in total. The van der Waals surface area contributed by atoms with Crippen molar-refractivity contribution in [2.75, 3.05) is 43.9 Å². The van der Waals surface area contributed by atoms with Gasteiger partial charge in [-0.3, -0.25) is 9.59 Å². The summed E-state index contributed by atoms with van der Waals surface area (Å²) < 4.78 is 11.4. The lowest BCUT2D eigenvalue weighted by atomic mass is 9.93. The summed E-state index contributed by atoms with van der Waals surface area (Å²) >= 11 is 0. The monoisotopic (exact) mass is 649 g/mol. The predicted molar refractivity (Wildman–Crippen MR) is 184 cm³/mol. The standard InChI is InChI=1S/C37H43N7O4/c1-4-23-10-8-11-24(5-2)31(23)40-35(45)34-28-15-13-26-21-38-37(41-32(26)33(28)42-48-34)39-29-16-14-25(20-30(29)47-3)36(46)44-19-9-12-27(44)22-43-17-6-7-18-43/h8,10-11,14,16,20-21,27H,4-7,9,12-13,15,17-19,22H2,1-3H3,(H,40,45)(H,38,39,41)/t27-/m0/s1. The summed E-state index contributed by atoms with van der Waals surface area (Å²) in [5.41, 5.74) is 7.08. The molecule has 4 aromatic rings. The van der Waals surface area contributed by atoms with E-state index in [4.69, 9.17) is 14.2 Å². The number of carbonyl (C=O) groups is 2. The molecule has 1 atom stereocenters. The largest absolute Gasteiger partial charge is 0.495 e. The summed E-state index contributed by atoms with van der Waals surface area (Å²) in [6, 6.07) is 11.8. The van der Waals surface area contributed by atoms with Crippen molar-refractivity contribution in [2.45, 2.75) is 71.3 Å². The quantitative estimate of drug-likeness (QED) is 0.211. The molecule has 11 heteroatoms. The number of aryl methyl sites for hydroxylation is 3. The summed E-state index contributed by atoms with van der Waals surface area (Å²) in [5, 5.41) is 10.7. The Balaban J connectivity index is 1.09. The lowest BCUT2D eigenvalue weighted by Crippen LogP contribution is -2.42. The Labute approximate surface area is 281 Å². The van der Waals surface area contributed by atoms with Crippen molar-refractivity contribution in [3.8, 4) is 17.1 Å². The van der Waals surface area contributed by atoms with Gasteiger partial charge in [-0.25, -0.2) is 9.97 Å². The third-order valence-electron chi connectivity index (χ3n) is 9.97. The second-order valence-electron chi connectivity index (χ2n) is 12.9. The van der Waals surface area contributed by atoms with Crippen molar-refractivity contribution in [1.82, 2.24) is 24.9 Å². The van der Waals surface area contributed by atoms with Crippen LogP contribution in [0.3, 0.4) is 0 Å². The Morgan fingerprint density at radius 3 is 2.54 bits per heavy atom. The number of methoxy groups -OCH3 is 1. The van der Waals surface area contributed by atoms with E-state index in [0.29, 0.717) is 47.2 Å². The van der Waals surface area contributed by atoms with Gasteiger partial charge in [-0.15, -0.1) is 0 Å². The molecule has 7 rings (SSSR count). The van der Waals surface area contributed by atoms with Gasteiger partial charge in [0.1, 0.15) is 17.1 Å². The van der Waals surface area contributed by atoms with Gasteiger partial charge in [0.15, 0.2) is 0 Å². The first kappa shape index (κ1) is 31.8. The number of aromatic nitrogens is 3. The van der Waals surface area contributed by atoms with Gasteiger partial charge >= 0.3 is 0 Å². The van der Waals surface area contributed by atoms with Crippen LogP contribution < -0.4 is 15.4 Å². The maximum absolute atomic E-state index is 13.6. The smallest absolute Gasteiger partial charge is 0.294 e. The molecule has 0 bridgehead atoms. The van der Waals surface area contributed by atoms with E-state index in [-0.39, 0.29) is 23.6 Å². The summed E-state index contributed by atoms with van der Waals surface area (Å²) in [4.78, 5) is 41.0. The minimum Gasteiger partial charge on any atom is -0.495 e. The van der Waals surface area contributed by atoms with E-state index in [0.717, 1.165) is 79.8 Å². The zero-order valence-electron chi connectivity index (χ0n) is 28.0. The highest BCUT2D eigenvalue weighted by Crippen LogP contribution is 2.36. The normalized spacial score (nSPS) is 17.2. The van der Waals surface area contributed by atoms with E-state index in [1.807, 2.05) is 35.2 Å². The number of benzene rings is 2. The fourth-order valence-corrected chi connectivity index (χ4v) is 7.36. The maximum atomic E-state index is 13.6. The Morgan fingerprint density at radius 1 is 1.00 bits per heavy atom. The molecule has 48 heavy (non-hydrogen) atoms. The lowest BCUT2D eigenvalue weighted by Gasteiger charge is -2.28. The van der Waals surface area contributed by atoms with Gasteiger partial charge in [0.05, 0.1) is 12.8 Å². The third kappa shape index (κ3) is 6.14. The maximum Gasteiger partial charge on any atom is 0.294 e. The van der Waals surface area contributed by atoms with Crippen LogP contribution in [0.5, 0.6) is 5.75 Å². The van der Waals surface area contributed by atoms with E-state index in [1.54, 1.807) is 19.4 Å². The van der Waals surface area contributed by atoms with Gasteiger partial charge < -0.3 is 29.7 Å². The van der Waals surface area contributed by atoms with Gasteiger partial charge in [0.2, 0.25) is 11.7 Å². The number of likely N-dealkylation sites (tertiary alicyclic amines) is 2. The Bertz CT molecular complexity index is 1810. The number of nitrogens with zero attached hydrogens (tertiary/aromatic N) is 5. The minimum atomic E-state index is -0.314. The van der Waals surface area contributed by atoms with E-state index in [2.05, 4.69) is 39.5 Å². The minimum absolute atomic E-state index is 0.0362. The van der Waals surface area contributed by atoms with Crippen LogP contribution in [0.25, 0.3) is 11.4 Å². The molecule has 3 aliphatic rings. The number of anilines is 3. The summed E-state index contributed by atoms with van der Waals surface area (Å²) in [7, 11) is 1.59. The molecule has 2 saturated heterocycles. The van der Waals surface area contributed by atoms with Crippen LogP contribution in [0.15, 0.2) is 47.1 Å². The van der Waals surface area contributed by atoms with Crippen LogP contribution in [0, 0.1) is 0 Å². The number of para-hydroxylation sites is 1. The molecule has 250 valence electrons. The SMILES string of the molecule is CCc1cccc(CC)c1NC(=O)c1onc2c1CCc1cnc(Nc3ccc(C(=O)N4CCC[C@H]4CN4CCCC4)cc3OC)nc1-2. The molecule has 4 heterocycles. The summed E-state index contributed by atoms with van der Waals surface area (Å²) in [6.45, 7) is 8.13. The first-order valence-electron chi connectivity index (χ1n) is 17.2. The van der Waals surface area contributed by atoms with Gasteiger partial charge in [-0.2, -0.15) is 0 Å². The summed E-state index contributed by atoms with van der Waals surface area (Å²) in [6.07, 6.45) is 9.21. The van der Waals surface area contributed by atoms with Crippen molar-refractivity contribution in [2.24, 2.45) is 0 Å². The van der Waals surface area contributed by atoms with Crippen molar-refractivity contribution in [3.63, 3.8) is 0 Å². The third-order valence-corrected chi connectivity index (χ3v) is 9.97. The highest BCUT2D eigenvalue weighted by atomic mass is 16.5. The molecule has 2 aliphatic heterocycles. The molecule has 2 aromatic carbocycles.